The molecule has 1 unspecified atom stereocenters. The Labute approximate surface area is 206 Å². The molecule has 1 atom stereocenters. The predicted octanol–water partition coefficient (Wildman–Crippen LogP) is 6.04. The van der Waals surface area contributed by atoms with E-state index < -0.39 is 17.7 Å². The standard InChI is InChI=1S/C24H15BrClN3O3S/c1-12-9-18-17(10-16(12)26)28-24(33-18)29-20(14-3-2-8-27-11-14)19(22(31)23(29)32)21(30)13-4-6-15(25)7-5-13/h2-11,20,30H,1H3/b21-19+. The minimum absolute atomic E-state index is 0.0104. The van der Waals surface area contributed by atoms with E-state index in [1.807, 2.05) is 13.0 Å². The summed E-state index contributed by atoms with van der Waals surface area (Å²) in [5, 5.41) is 12.0. The van der Waals surface area contributed by atoms with Crippen molar-refractivity contribution in [3.8, 4) is 0 Å². The van der Waals surface area contributed by atoms with Crippen LogP contribution in [0.3, 0.4) is 0 Å². The maximum Gasteiger partial charge on any atom is 0.301 e. The first-order chi connectivity index (χ1) is 15.8. The van der Waals surface area contributed by atoms with Crippen molar-refractivity contribution in [2.24, 2.45) is 0 Å². The Morgan fingerprint density at radius 1 is 1.18 bits per heavy atom. The highest BCUT2D eigenvalue weighted by molar-refractivity contribution is 9.10. The summed E-state index contributed by atoms with van der Waals surface area (Å²) in [5.74, 6) is -1.79. The van der Waals surface area contributed by atoms with Gasteiger partial charge in [0, 0.05) is 27.5 Å². The second kappa shape index (κ2) is 8.37. The van der Waals surface area contributed by atoms with Crippen LogP contribution in [0, 0.1) is 6.92 Å². The first kappa shape index (κ1) is 21.8. The lowest BCUT2D eigenvalue weighted by Gasteiger charge is -2.22. The number of amides is 1. The maximum absolute atomic E-state index is 13.2. The number of aliphatic hydroxyl groups excluding tert-OH is 1. The first-order valence-corrected chi connectivity index (χ1v) is 11.9. The van der Waals surface area contributed by atoms with Gasteiger partial charge in [0.2, 0.25) is 0 Å². The predicted molar refractivity (Wildman–Crippen MR) is 133 cm³/mol. The highest BCUT2D eigenvalue weighted by Gasteiger charge is 2.48. The number of pyridine rings is 1. The molecule has 33 heavy (non-hydrogen) atoms. The summed E-state index contributed by atoms with van der Waals surface area (Å²) in [4.78, 5) is 36.5. The number of ketones is 1. The Hall–Kier alpha value is -3.07. The van der Waals surface area contributed by atoms with Gasteiger partial charge in [0.15, 0.2) is 5.13 Å². The molecule has 1 N–H and O–H groups in total. The Bertz CT molecular complexity index is 1410. The quantitative estimate of drug-likeness (QED) is 0.195. The maximum atomic E-state index is 13.2. The number of hydrogen-bond donors (Lipinski definition) is 1. The highest BCUT2D eigenvalue weighted by atomic mass is 79.9. The van der Waals surface area contributed by atoms with Crippen LogP contribution in [0.5, 0.6) is 0 Å². The van der Waals surface area contributed by atoms with Gasteiger partial charge < -0.3 is 5.11 Å². The number of aromatic nitrogens is 2. The molecule has 4 aromatic rings. The summed E-state index contributed by atoms with van der Waals surface area (Å²) < 4.78 is 1.67. The van der Waals surface area contributed by atoms with Crippen LogP contribution in [-0.2, 0) is 9.59 Å². The number of nitrogens with zero attached hydrogens (tertiary/aromatic N) is 3. The van der Waals surface area contributed by atoms with Crippen molar-refractivity contribution < 1.29 is 14.7 Å². The van der Waals surface area contributed by atoms with E-state index in [1.54, 1.807) is 54.9 Å². The van der Waals surface area contributed by atoms with Gasteiger partial charge in [-0.25, -0.2) is 4.98 Å². The van der Waals surface area contributed by atoms with Crippen molar-refractivity contribution in [3.05, 3.63) is 92.7 Å². The molecule has 1 aliphatic heterocycles. The smallest absolute Gasteiger partial charge is 0.301 e. The number of halogens is 2. The average molecular weight is 541 g/mol. The monoisotopic (exact) mass is 539 g/mol. The lowest BCUT2D eigenvalue weighted by atomic mass is 9.96. The fourth-order valence-electron chi connectivity index (χ4n) is 3.79. The molecule has 1 amide bonds. The molecule has 0 aliphatic carbocycles. The second-order valence-electron chi connectivity index (χ2n) is 7.53. The molecule has 0 saturated carbocycles. The minimum Gasteiger partial charge on any atom is -0.507 e. The van der Waals surface area contributed by atoms with E-state index in [9.17, 15) is 14.7 Å². The number of anilines is 1. The van der Waals surface area contributed by atoms with Gasteiger partial charge in [-0.15, -0.1) is 0 Å². The number of carbonyl (C=O) groups is 2. The zero-order valence-corrected chi connectivity index (χ0v) is 20.3. The van der Waals surface area contributed by atoms with Crippen molar-refractivity contribution in [1.82, 2.24) is 9.97 Å². The Morgan fingerprint density at radius 3 is 2.64 bits per heavy atom. The van der Waals surface area contributed by atoms with Crippen LogP contribution >= 0.6 is 38.9 Å². The average Bonchev–Trinajstić information content (AvgIpc) is 3.32. The third-order valence-electron chi connectivity index (χ3n) is 5.43. The molecule has 3 heterocycles. The van der Waals surface area contributed by atoms with Gasteiger partial charge in [-0.1, -0.05) is 57.1 Å². The SMILES string of the molecule is Cc1cc2sc(N3C(=O)C(=O)/C(=C(/O)c4ccc(Br)cc4)C3c3cccnc3)nc2cc1Cl. The number of aryl methyl sites for hydroxylation is 1. The van der Waals surface area contributed by atoms with E-state index in [2.05, 4.69) is 25.9 Å². The molecule has 2 aromatic heterocycles. The number of fused-ring (bicyclic) bond motifs is 1. The van der Waals surface area contributed by atoms with Crippen molar-refractivity contribution in [3.63, 3.8) is 0 Å². The van der Waals surface area contributed by atoms with Gasteiger partial charge in [-0.05, 0) is 48.4 Å². The van der Waals surface area contributed by atoms with Crippen LogP contribution in [0.1, 0.15) is 22.7 Å². The largest absolute Gasteiger partial charge is 0.507 e. The third-order valence-corrected chi connectivity index (χ3v) is 7.38. The Balaban J connectivity index is 1.72. The van der Waals surface area contributed by atoms with Crippen molar-refractivity contribution in [1.29, 1.82) is 0 Å². The lowest BCUT2D eigenvalue weighted by Crippen LogP contribution is -2.29. The van der Waals surface area contributed by atoms with E-state index in [4.69, 9.17) is 11.6 Å². The fourth-order valence-corrected chi connectivity index (χ4v) is 5.28. The highest BCUT2D eigenvalue weighted by Crippen LogP contribution is 2.44. The summed E-state index contributed by atoms with van der Waals surface area (Å²) in [6.45, 7) is 1.89. The van der Waals surface area contributed by atoms with E-state index in [0.717, 1.165) is 14.7 Å². The van der Waals surface area contributed by atoms with Crippen LogP contribution in [0.4, 0.5) is 5.13 Å². The number of thiazole rings is 1. The number of carbonyl (C=O) groups excluding carboxylic acids is 2. The van der Waals surface area contributed by atoms with Gasteiger partial charge in [-0.3, -0.25) is 19.5 Å². The molecule has 5 rings (SSSR count). The molecule has 6 nitrogen and oxygen atoms in total. The van der Waals surface area contributed by atoms with Crippen LogP contribution < -0.4 is 4.90 Å². The Morgan fingerprint density at radius 2 is 1.94 bits per heavy atom. The number of Topliss-reactive ketones (excluding diaryl/α,β-unsaturated/α-hetero) is 1. The second-order valence-corrected chi connectivity index (χ2v) is 9.86. The molecule has 1 fully saturated rings. The fraction of sp³-hybridized carbons (Fsp3) is 0.0833. The minimum atomic E-state index is -0.875. The number of hydrogen-bond acceptors (Lipinski definition) is 6. The van der Waals surface area contributed by atoms with Gasteiger partial charge >= 0.3 is 5.91 Å². The lowest BCUT2D eigenvalue weighted by molar-refractivity contribution is -0.132. The molecule has 0 radical (unpaired) electrons. The third kappa shape index (κ3) is 3.74. The zero-order chi connectivity index (χ0) is 23.3. The van der Waals surface area contributed by atoms with Crippen LogP contribution in [-0.4, -0.2) is 26.8 Å². The summed E-state index contributed by atoms with van der Waals surface area (Å²) >= 11 is 10.9. The summed E-state index contributed by atoms with van der Waals surface area (Å²) in [6, 6.07) is 13.1. The number of rotatable bonds is 3. The van der Waals surface area contributed by atoms with Crippen LogP contribution in [0.25, 0.3) is 16.0 Å². The van der Waals surface area contributed by atoms with E-state index in [-0.39, 0.29) is 11.3 Å². The molecule has 0 spiro atoms. The number of aliphatic hydroxyl groups is 1. The van der Waals surface area contributed by atoms with Crippen LogP contribution in [0.15, 0.2) is 71.0 Å². The molecule has 9 heteroatoms. The normalized spacial score (nSPS) is 17.8. The molecule has 1 saturated heterocycles. The molecular formula is C24H15BrClN3O3S. The van der Waals surface area contributed by atoms with Crippen molar-refractivity contribution >= 4 is 71.7 Å². The summed E-state index contributed by atoms with van der Waals surface area (Å²) in [5.41, 5.74) is 2.52. The molecular weight excluding hydrogens is 526 g/mol. The molecule has 164 valence electrons. The zero-order valence-electron chi connectivity index (χ0n) is 17.1. The van der Waals surface area contributed by atoms with Crippen LogP contribution in [0.2, 0.25) is 5.02 Å². The van der Waals surface area contributed by atoms with Gasteiger partial charge in [0.1, 0.15) is 5.76 Å². The number of benzene rings is 2. The van der Waals surface area contributed by atoms with Crippen molar-refractivity contribution in [2.45, 2.75) is 13.0 Å². The van der Waals surface area contributed by atoms with Gasteiger partial charge in [0.05, 0.1) is 21.8 Å². The summed E-state index contributed by atoms with van der Waals surface area (Å²) in [6.07, 6.45) is 3.18. The van der Waals surface area contributed by atoms with Gasteiger partial charge in [0.25, 0.3) is 5.78 Å². The van der Waals surface area contributed by atoms with Crippen molar-refractivity contribution in [2.75, 3.05) is 4.90 Å². The summed E-state index contributed by atoms with van der Waals surface area (Å²) in [7, 11) is 0. The van der Waals surface area contributed by atoms with Gasteiger partial charge in [-0.2, -0.15) is 0 Å². The first-order valence-electron chi connectivity index (χ1n) is 9.88. The van der Waals surface area contributed by atoms with E-state index in [1.165, 1.54) is 16.2 Å². The molecule has 2 aromatic carbocycles. The molecule has 1 aliphatic rings. The topological polar surface area (TPSA) is 83.4 Å². The van der Waals surface area contributed by atoms with E-state index >= 15 is 0 Å². The molecule has 0 bridgehead atoms. The Kier molecular flexibility index (Phi) is 5.52. The van der Waals surface area contributed by atoms with E-state index in [0.29, 0.717) is 26.8 Å².